The van der Waals surface area contributed by atoms with Crippen LogP contribution < -0.4 is 10.6 Å². The number of hydrogen-bond donors (Lipinski definition) is 3. The minimum Gasteiger partial charge on any atom is -0.481 e. The summed E-state index contributed by atoms with van der Waals surface area (Å²) in [6.07, 6.45) is 3.43. The zero-order valence-corrected chi connectivity index (χ0v) is 12.0. The maximum Gasteiger partial charge on any atom is 0.308 e. The first-order chi connectivity index (χ1) is 10.1. The predicted octanol–water partition coefficient (Wildman–Crippen LogP) is 1.28. The fraction of sp³-hybridized carbons (Fsp3) is 0.571. The second kappa shape index (κ2) is 7.01. The third kappa shape index (κ3) is 3.90. The van der Waals surface area contributed by atoms with Crippen molar-refractivity contribution in [2.24, 2.45) is 5.92 Å². The van der Waals surface area contributed by atoms with Crippen LogP contribution >= 0.6 is 0 Å². The van der Waals surface area contributed by atoms with Crippen LogP contribution in [0.25, 0.3) is 0 Å². The molecule has 1 aromatic rings. The van der Waals surface area contributed by atoms with Crippen molar-refractivity contribution in [3.8, 4) is 0 Å². The SMILES string of the molecule is CCNC(=O)c1ccc(NC2CCCCC2C(=O)O)nn1. The van der Waals surface area contributed by atoms with Crippen LogP contribution in [0.5, 0.6) is 0 Å². The van der Waals surface area contributed by atoms with E-state index in [4.69, 9.17) is 0 Å². The van der Waals surface area contributed by atoms with E-state index in [1.807, 2.05) is 6.92 Å². The molecule has 0 aromatic carbocycles. The van der Waals surface area contributed by atoms with E-state index < -0.39 is 11.9 Å². The number of carbonyl (C=O) groups is 2. The van der Waals surface area contributed by atoms with Crippen molar-refractivity contribution in [3.63, 3.8) is 0 Å². The van der Waals surface area contributed by atoms with Gasteiger partial charge in [-0.25, -0.2) is 0 Å². The highest BCUT2D eigenvalue weighted by Crippen LogP contribution is 2.26. The van der Waals surface area contributed by atoms with Gasteiger partial charge in [0, 0.05) is 12.6 Å². The maximum atomic E-state index is 11.6. The largest absolute Gasteiger partial charge is 0.481 e. The molecule has 2 rings (SSSR count). The molecule has 114 valence electrons. The summed E-state index contributed by atoms with van der Waals surface area (Å²) in [5.74, 6) is -0.943. The van der Waals surface area contributed by atoms with E-state index in [1.54, 1.807) is 12.1 Å². The number of aliphatic carboxylic acids is 1. The van der Waals surface area contributed by atoms with Crippen molar-refractivity contribution in [3.05, 3.63) is 17.8 Å². The van der Waals surface area contributed by atoms with Gasteiger partial charge < -0.3 is 15.7 Å². The number of hydrogen-bond acceptors (Lipinski definition) is 5. The Labute approximate surface area is 123 Å². The first-order valence-corrected chi connectivity index (χ1v) is 7.23. The van der Waals surface area contributed by atoms with E-state index in [0.29, 0.717) is 18.8 Å². The van der Waals surface area contributed by atoms with Gasteiger partial charge in [0.25, 0.3) is 5.91 Å². The number of aromatic nitrogens is 2. The molecule has 1 heterocycles. The minimum atomic E-state index is -0.779. The molecule has 1 aliphatic rings. The Morgan fingerprint density at radius 1 is 1.29 bits per heavy atom. The topological polar surface area (TPSA) is 104 Å². The van der Waals surface area contributed by atoms with Crippen LogP contribution in [0.4, 0.5) is 5.82 Å². The Balaban J connectivity index is 2.02. The average molecular weight is 292 g/mol. The third-order valence-corrected chi connectivity index (χ3v) is 3.65. The van der Waals surface area contributed by atoms with Gasteiger partial charge in [-0.3, -0.25) is 9.59 Å². The molecule has 1 aromatic heterocycles. The Kier molecular flexibility index (Phi) is 5.08. The molecule has 0 aliphatic heterocycles. The molecule has 21 heavy (non-hydrogen) atoms. The van der Waals surface area contributed by atoms with Crippen LogP contribution in [0, 0.1) is 5.92 Å². The molecule has 0 bridgehead atoms. The van der Waals surface area contributed by atoms with E-state index >= 15 is 0 Å². The fourth-order valence-corrected chi connectivity index (χ4v) is 2.57. The average Bonchev–Trinajstić information content (AvgIpc) is 2.48. The monoisotopic (exact) mass is 292 g/mol. The first-order valence-electron chi connectivity index (χ1n) is 7.23. The Morgan fingerprint density at radius 3 is 2.67 bits per heavy atom. The van der Waals surface area contributed by atoms with E-state index in [9.17, 15) is 14.7 Å². The number of rotatable bonds is 5. The van der Waals surface area contributed by atoms with Crippen molar-refractivity contribution in [2.75, 3.05) is 11.9 Å². The van der Waals surface area contributed by atoms with E-state index in [-0.39, 0.29) is 17.6 Å². The molecule has 2 unspecified atom stereocenters. The smallest absolute Gasteiger partial charge is 0.308 e. The number of nitrogens with one attached hydrogen (secondary N) is 2. The molecule has 0 radical (unpaired) electrons. The summed E-state index contributed by atoms with van der Waals surface area (Å²) in [5, 5.41) is 22.8. The van der Waals surface area contributed by atoms with E-state index in [1.165, 1.54) is 0 Å². The molecule has 1 saturated carbocycles. The van der Waals surface area contributed by atoms with Crippen molar-refractivity contribution in [1.29, 1.82) is 0 Å². The van der Waals surface area contributed by atoms with Crippen LogP contribution in [0.1, 0.15) is 43.1 Å². The maximum absolute atomic E-state index is 11.6. The summed E-state index contributed by atoms with van der Waals surface area (Å²) in [5.41, 5.74) is 0.251. The van der Waals surface area contributed by atoms with Gasteiger partial charge >= 0.3 is 5.97 Å². The van der Waals surface area contributed by atoms with E-state index in [2.05, 4.69) is 20.8 Å². The second-order valence-corrected chi connectivity index (χ2v) is 5.14. The molecule has 0 spiro atoms. The highest BCUT2D eigenvalue weighted by molar-refractivity contribution is 5.92. The third-order valence-electron chi connectivity index (χ3n) is 3.65. The predicted molar refractivity (Wildman–Crippen MR) is 77.0 cm³/mol. The normalized spacial score (nSPS) is 21.6. The van der Waals surface area contributed by atoms with Crippen molar-refractivity contribution in [1.82, 2.24) is 15.5 Å². The first kappa shape index (κ1) is 15.2. The Morgan fingerprint density at radius 2 is 2.05 bits per heavy atom. The molecule has 3 N–H and O–H groups in total. The summed E-state index contributed by atoms with van der Waals surface area (Å²) in [6, 6.07) is 3.10. The molecule has 1 fully saturated rings. The van der Waals surface area contributed by atoms with Crippen molar-refractivity contribution < 1.29 is 14.7 Å². The summed E-state index contributed by atoms with van der Waals surface area (Å²) in [7, 11) is 0. The molecular formula is C14H20N4O3. The molecule has 1 amide bonds. The van der Waals surface area contributed by atoms with Crippen LogP contribution in [0.2, 0.25) is 0 Å². The van der Waals surface area contributed by atoms with Gasteiger partial charge in [-0.05, 0) is 31.9 Å². The number of carboxylic acid groups (broad SMARTS) is 1. The van der Waals surface area contributed by atoms with Crippen LogP contribution in [-0.2, 0) is 4.79 Å². The zero-order chi connectivity index (χ0) is 15.2. The van der Waals surface area contributed by atoms with Gasteiger partial charge in [0.1, 0.15) is 5.82 Å². The lowest BCUT2D eigenvalue weighted by Gasteiger charge is -2.29. The quantitative estimate of drug-likeness (QED) is 0.755. The number of anilines is 1. The Bertz CT molecular complexity index is 503. The van der Waals surface area contributed by atoms with Gasteiger partial charge in [0.05, 0.1) is 5.92 Å². The minimum absolute atomic E-state index is 0.138. The summed E-state index contributed by atoms with van der Waals surface area (Å²) in [4.78, 5) is 22.8. The van der Waals surface area contributed by atoms with Gasteiger partial charge in [-0.15, -0.1) is 10.2 Å². The standard InChI is InChI=1S/C14H20N4O3/c1-2-15-13(19)11-7-8-12(18-17-11)16-10-6-4-3-5-9(10)14(20)21/h7-10H,2-6H2,1H3,(H,15,19)(H,16,18)(H,20,21). The number of nitrogens with zero attached hydrogens (tertiary/aromatic N) is 2. The Hall–Kier alpha value is -2.18. The van der Waals surface area contributed by atoms with Gasteiger partial charge in [-0.1, -0.05) is 12.8 Å². The lowest BCUT2D eigenvalue weighted by Crippen LogP contribution is -2.37. The van der Waals surface area contributed by atoms with E-state index in [0.717, 1.165) is 19.3 Å². The van der Waals surface area contributed by atoms with Crippen LogP contribution in [-0.4, -0.2) is 39.8 Å². The summed E-state index contributed by atoms with van der Waals surface area (Å²) >= 11 is 0. The van der Waals surface area contributed by atoms with Gasteiger partial charge in [-0.2, -0.15) is 0 Å². The van der Waals surface area contributed by atoms with Gasteiger partial charge in [0.2, 0.25) is 0 Å². The molecule has 0 saturated heterocycles. The highest BCUT2D eigenvalue weighted by Gasteiger charge is 2.30. The molecule has 7 nitrogen and oxygen atoms in total. The molecule has 2 atom stereocenters. The fourth-order valence-electron chi connectivity index (χ4n) is 2.57. The molecular weight excluding hydrogens is 272 g/mol. The number of carbonyl (C=O) groups excluding carboxylic acids is 1. The van der Waals surface area contributed by atoms with Crippen molar-refractivity contribution >= 4 is 17.7 Å². The van der Waals surface area contributed by atoms with Crippen LogP contribution in [0.15, 0.2) is 12.1 Å². The lowest BCUT2D eigenvalue weighted by atomic mass is 9.84. The van der Waals surface area contributed by atoms with Crippen LogP contribution in [0.3, 0.4) is 0 Å². The van der Waals surface area contributed by atoms with Gasteiger partial charge in [0.15, 0.2) is 5.69 Å². The highest BCUT2D eigenvalue weighted by atomic mass is 16.4. The van der Waals surface area contributed by atoms with Crippen molar-refractivity contribution in [2.45, 2.75) is 38.6 Å². The zero-order valence-electron chi connectivity index (χ0n) is 12.0. The number of amides is 1. The number of carboxylic acids is 1. The summed E-state index contributed by atoms with van der Waals surface area (Å²) < 4.78 is 0. The molecule has 7 heteroatoms. The lowest BCUT2D eigenvalue weighted by molar-refractivity contribution is -0.143. The summed E-state index contributed by atoms with van der Waals surface area (Å²) in [6.45, 7) is 2.36. The molecule has 1 aliphatic carbocycles. The second-order valence-electron chi connectivity index (χ2n) is 5.14.